The monoisotopic (exact) mass is 211 g/mol. The van der Waals surface area contributed by atoms with Crippen molar-refractivity contribution in [1.82, 2.24) is 10.2 Å². The maximum Gasteiger partial charge on any atom is 0.150 e. The molecule has 0 radical (unpaired) electrons. The fourth-order valence-corrected chi connectivity index (χ4v) is 1.14. The summed E-state index contributed by atoms with van der Waals surface area (Å²) in [5.74, 6) is 0.743. The maximum atomic E-state index is 9.13. The highest BCUT2D eigenvalue weighted by atomic mass is 16.3. The van der Waals surface area contributed by atoms with Crippen molar-refractivity contribution in [2.45, 2.75) is 26.1 Å². The molecule has 84 valence electrons. The Bertz CT molecular complexity index is 287. The van der Waals surface area contributed by atoms with E-state index < -0.39 is 0 Å². The van der Waals surface area contributed by atoms with E-state index in [9.17, 15) is 0 Å². The van der Waals surface area contributed by atoms with Gasteiger partial charge in [-0.2, -0.15) is 5.10 Å². The zero-order valence-corrected chi connectivity index (χ0v) is 9.09. The molecule has 0 aliphatic rings. The standard InChI is InChI=1S/C10H17N3O2/c1-8(15)5-6-13(2)10-4-3-9(7-14)11-12-10/h3-4,8,14-15H,5-7H2,1-2H3. The van der Waals surface area contributed by atoms with E-state index in [1.165, 1.54) is 0 Å². The molecule has 1 heterocycles. The molecular weight excluding hydrogens is 194 g/mol. The molecule has 0 amide bonds. The molecule has 0 spiro atoms. The third-order valence-corrected chi connectivity index (χ3v) is 2.14. The number of rotatable bonds is 5. The van der Waals surface area contributed by atoms with E-state index in [0.29, 0.717) is 12.1 Å². The van der Waals surface area contributed by atoms with Gasteiger partial charge in [-0.05, 0) is 25.5 Å². The number of aromatic nitrogens is 2. The lowest BCUT2D eigenvalue weighted by molar-refractivity contribution is 0.187. The third kappa shape index (κ3) is 3.81. The normalized spacial score (nSPS) is 12.5. The highest BCUT2D eigenvalue weighted by Gasteiger charge is 2.04. The Morgan fingerprint density at radius 3 is 2.60 bits per heavy atom. The average molecular weight is 211 g/mol. The van der Waals surface area contributed by atoms with Gasteiger partial charge in [0.1, 0.15) is 0 Å². The minimum Gasteiger partial charge on any atom is -0.393 e. The topological polar surface area (TPSA) is 69.5 Å². The number of aliphatic hydroxyl groups excluding tert-OH is 2. The number of hydrogen-bond donors (Lipinski definition) is 2. The lowest BCUT2D eigenvalue weighted by Gasteiger charge is -2.18. The quantitative estimate of drug-likeness (QED) is 0.727. The largest absolute Gasteiger partial charge is 0.393 e. The number of anilines is 1. The first-order chi connectivity index (χ1) is 7.13. The van der Waals surface area contributed by atoms with Crippen molar-refractivity contribution >= 4 is 5.82 Å². The first-order valence-corrected chi connectivity index (χ1v) is 4.96. The summed E-state index contributed by atoms with van der Waals surface area (Å²) in [7, 11) is 1.89. The Morgan fingerprint density at radius 1 is 1.40 bits per heavy atom. The third-order valence-electron chi connectivity index (χ3n) is 2.14. The van der Waals surface area contributed by atoms with E-state index in [1.54, 1.807) is 19.1 Å². The summed E-state index contributed by atoms with van der Waals surface area (Å²) >= 11 is 0. The van der Waals surface area contributed by atoms with E-state index in [-0.39, 0.29) is 12.7 Å². The van der Waals surface area contributed by atoms with E-state index in [4.69, 9.17) is 10.2 Å². The first-order valence-electron chi connectivity index (χ1n) is 4.96. The fourth-order valence-electron chi connectivity index (χ4n) is 1.14. The number of hydrogen-bond acceptors (Lipinski definition) is 5. The summed E-state index contributed by atoms with van der Waals surface area (Å²) in [6.45, 7) is 2.39. The van der Waals surface area contributed by atoms with E-state index in [0.717, 1.165) is 12.4 Å². The predicted molar refractivity (Wildman–Crippen MR) is 57.5 cm³/mol. The summed E-state index contributed by atoms with van der Waals surface area (Å²) in [6, 6.07) is 3.54. The molecule has 5 heteroatoms. The Hall–Kier alpha value is -1.20. The number of nitrogens with zero attached hydrogens (tertiary/aromatic N) is 3. The molecule has 1 aromatic heterocycles. The van der Waals surface area contributed by atoms with Gasteiger partial charge in [0.05, 0.1) is 18.4 Å². The summed E-state index contributed by atoms with van der Waals surface area (Å²) in [4.78, 5) is 1.92. The van der Waals surface area contributed by atoms with Crippen molar-refractivity contribution in [2.24, 2.45) is 0 Å². The van der Waals surface area contributed by atoms with Crippen LogP contribution in [0, 0.1) is 0 Å². The summed E-state index contributed by atoms with van der Waals surface area (Å²) in [5, 5.41) is 25.7. The molecule has 0 aromatic carbocycles. The molecule has 15 heavy (non-hydrogen) atoms. The van der Waals surface area contributed by atoms with Crippen LogP contribution in [0.25, 0.3) is 0 Å². The second kappa shape index (κ2) is 5.63. The molecule has 0 bridgehead atoms. The predicted octanol–water partition coefficient (Wildman–Crippen LogP) is 0.176. The molecule has 2 N–H and O–H groups in total. The van der Waals surface area contributed by atoms with Crippen molar-refractivity contribution in [1.29, 1.82) is 0 Å². The summed E-state index contributed by atoms with van der Waals surface area (Å²) < 4.78 is 0. The molecule has 0 fully saturated rings. The maximum absolute atomic E-state index is 9.13. The van der Waals surface area contributed by atoms with Gasteiger partial charge in [-0.3, -0.25) is 0 Å². The van der Waals surface area contributed by atoms with Gasteiger partial charge in [-0.1, -0.05) is 0 Å². The second-order valence-electron chi connectivity index (χ2n) is 3.60. The van der Waals surface area contributed by atoms with Gasteiger partial charge in [0.2, 0.25) is 0 Å². The van der Waals surface area contributed by atoms with Crippen molar-refractivity contribution in [3.05, 3.63) is 17.8 Å². The van der Waals surface area contributed by atoms with Gasteiger partial charge in [0.15, 0.2) is 5.82 Å². The zero-order chi connectivity index (χ0) is 11.3. The van der Waals surface area contributed by atoms with Crippen LogP contribution in [0.15, 0.2) is 12.1 Å². The van der Waals surface area contributed by atoms with Gasteiger partial charge < -0.3 is 15.1 Å². The van der Waals surface area contributed by atoms with E-state index in [1.807, 2.05) is 11.9 Å². The molecule has 1 aromatic rings. The van der Waals surface area contributed by atoms with Crippen LogP contribution in [0.4, 0.5) is 5.82 Å². The van der Waals surface area contributed by atoms with Crippen LogP contribution in [0.3, 0.4) is 0 Å². The highest BCUT2D eigenvalue weighted by Crippen LogP contribution is 2.08. The lowest BCUT2D eigenvalue weighted by atomic mass is 10.3. The van der Waals surface area contributed by atoms with Gasteiger partial charge in [0, 0.05) is 13.6 Å². The van der Waals surface area contributed by atoms with Crippen molar-refractivity contribution < 1.29 is 10.2 Å². The Morgan fingerprint density at radius 2 is 2.13 bits per heavy atom. The average Bonchev–Trinajstić information content (AvgIpc) is 2.26. The fraction of sp³-hybridized carbons (Fsp3) is 0.600. The molecule has 1 rings (SSSR count). The van der Waals surface area contributed by atoms with Gasteiger partial charge in [-0.25, -0.2) is 0 Å². The highest BCUT2D eigenvalue weighted by molar-refractivity contribution is 5.35. The molecular formula is C10H17N3O2. The molecule has 0 saturated heterocycles. The Labute approximate surface area is 89.4 Å². The molecule has 1 unspecified atom stereocenters. The van der Waals surface area contributed by atoms with Crippen molar-refractivity contribution in [2.75, 3.05) is 18.5 Å². The van der Waals surface area contributed by atoms with E-state index in [2.05, 4.69) is 10.2 Å². The van der Waals surface area contributed by atoms with Crippen LogP contribution >= 0.6 is 0 Å². The molecule has 5 nitrogen and oxygen atoms in total. The molecule has 1 atom stereocenters. The van der Waals surface area contributed by atoms with Gasteiger partial charge in [0.25, 0.3) is 0 Å². The van der Waals surface area contributed by atoms with Crippen molar-refractivity contribution in [3.8, 4) is 0 Å². The van der Waals surface area contributed by atoms with Crippen LogP contribution in [-0.4, -0.2) is 40.1 Å². The first kappa shape index (κ1) is 11.9. The van der Waals surface area contributed by atoms with Gasteiger partial charge in [-0.15, -0.1) is 5.10 Å². The Kier molecular flexibility index (Phi) is 4.45. The smallest absolute Gasteiger partial charge is 0.150 e. The van der Waals surface area contributed by atoms with Crippen molar-refractivity contribution in [3.63, 3.8) is 0 Å². The van der Waals surface area contributed by atoms with Crippen LogP contribution in [0.2, 0.25) is 0 Å². The second-order valence-corrected chi connectivity index (χ2v) is 3.60. The Balaban J connectivity index is 2.54. The summed E-state index contributed by atoms with van der Waals surface area (Å²) in [6.07, 6.45) is 0.386. The van der Waals surface area contributed by atoms with Crippen LogP contribution in [0.1, 0.15) is 19.0 Å². The van der Waals surface area contributed by atoms with E-state index >= 15 is 0 Å². The molecule has 0 aliphatic carbocycles. The van der Waals surface area contributed by atoms with Crippen LogP contribution in [-0.2, 0) is 6.61 Å². The minimum absolute atomic E-state index is 0.0926. The molecule has 0 aliphatic heterocycles. The van der Waals surface area contributed by atoms with Gasteiger partial charge >= 0.3 is 0 Å². The molecule has 0 saturated carbocycles. The lowest BCUT2D eigenvalue weighted by Crippen LogP contribution is -2.23. The summed E-state index contributed by atoms with van der Waals surface area (Å²) in [5.41, 5.74) is 0.558. The van der Waals surface area contributed by atoms with Crippen LogP contribution < -0.4 is 4.90 Å². The minimum atomic E-state index is -0.308. The number of aliphatic hydroxyl groups is 2. The zero-order valence-electron chi connectivity index (χ0n) is 9.09. The SMILES string of the molecule is CC(O)CCN(C)c1ccc(CO)nn1. The van der Waals surface area contributed by atoms with Crippen LogP contribution in [0.5, 0.6) is 0 Å².